The summed E-state index contributed by atoms with van der Waals surface area (Å²) in [7, 11) is 0. The number of nitrogens with zero attached hydrogens (tertiary/aromatic N) is 2. The predicted octanol–water partition coefficient (Wildman–Crippen LogP) is 4.49. The second-order valence-corrected chi connectivity index (χ2v) is 5.15. The molecular weight excluding hydrogens is 294 g/mol. The molecule has 0 spiro atoms. The molecule has 1 aromatic heterocycles. The Bertz CT molecular complexity index is 813. The molecule has 0 radical (unpaired) electrons. The maximum Gasteiger partial charge on any atom is 0.101 e. The average molecular weight is 308 g/mol. The number of aromatic nitrogens is 1. The Kier molecular flexibility index (Phi) is 4.17. The van der Waals surface area contributed by atoms with Gasteiger partial charge < -0.3 is 5.73 Å². The third-order valence-corrected chi connectivity index (χ3v) is 3.56. The van der Waals surface area contributed by atoms with E-state index in [1.165, 1.54) is 0 Å². The lowest BCUT2D eigenvalue weighted by Crippen LogP contribution is -2.06. The fraction of sp³-hybridized carbons (Fsp3) is 0. The number of hydrogen-bond donors (Lipinski definition) is 1. The van der Waals surface area contributed by atoms with Crippen LogP contribution in [0.1, 0.15) is 11.1 Å². The van der Waals surface area contributed by atoms with E-state index in [1.807, 2.05) is 54.6 Å². The molecule has 0 aliphatic carbocycles. The topological polar surface area (TPSA) is 51.3 Å². The van der Waals surface area contributed by atoms with Crippen molar-refractivity contribution >= 4 is 28.7 Å². The zero-order valence-corrected chi connectivity index (χ0v) is 12.5. The Labute approximate surface area is 134 Å². The molecule has 4 heteroatoms. The fourth-order valence-electron chi connectivity index (χ4n) is 2.16. The molecule has 0 bridgehead atoms. The molecule has 0 unspecified atom stereocenters. The van der Waals surface area contributed by atoms with Crippen molar-refractivity contribution in [3.63, 3.8) is 0 Å². The largest absolute Gasteiger partial charge is 0.398 e. The van der Waals surface area contributed by atoms with Gasteiger partial charge in [0.2, 0.25) is 0 Å². The number of aliphatic imine (C=N–C) groups is 1. The number of nitrogen functional groups attached to an aromatic ring is 1. The molecule has 0 saturated heterocycles. The number of para-hydroxylation sites is 1. The van der Waals surface area contributed by atoms with Crippen LogP contribution in [0.5, 0.6) is 0 Å². The Morgan fingerprint density at radius 2 is 1.68 bits per heavy atom. The van der Waals surface area contributed by atoms with E-state index in [9.17, 15) is 0 Å². The second-order valence-electron chi connectivity index (χ2n) is 4.74. The fourth-order valence-corrected chi connectivity index (χ4v) is 2.31. The van der Waals surface area contributed by atoms with Crippen LogP contribution in [0.4, 0.5) is 11.4 Å². The van der Waals surface area contributed by atoms with E-state index in [0.29, 0.717) is 16.4 Å². The number of hydrogen-bond acceptors (Lipinski definition) is 3. The summed E-state index contributed by atoms with van der Waals surface area (Å²) in [5.74, 6) is 0. The molecule has 22 heavy (non-hydrogen) atoms. The predicted molar refractivity (Wildman–Crippen MR) is 91.8 cm³/mol. The van der Waals surface area contributed by atoms with Gasteiger partial charge in [0.1, 0.15) is 5.69 Å². The molecule has 1 heterocycles. The van der Waals surface area contributed by atoms with Crippen LogP contribution in [0.15, 0.2) is 78.0 Å². The molecular formula is C18H14ClN3. The highest BCUT2D eigenvalue weighted by molar-refractivity contribution is 6.33. The Hall–Kier alpha value is -2.65. The lowest BCUT2D eigenvalue weighted by Gasteiger charge is -2.10. The Morgan fingerprint density at radius 3 is 2.41 bits per heavy atom. The number of rotatable bonds is 3. The van der Waals surface area contributed by atoms with Crippen molar-refractivity contribution in [1.29, 1.82) is 0 Å². The SMILES string of the molecule is Nc1ccccc1/C(=N\c1cnccc1Cl)c1ccccc1. The molecule has 0 amide bonds. The summed E-state index contributed by atoms with van der Waals surface area (Å²) >= 11 is 6.20. The van der Waals surface area contributed by atoms with Crippen LogP contribution < -0.4 is 5.73 Å². The lowest BCUT2D eigenvalue weighted by molar-refractivity contribution is 1.30. The number of halogens is 1. The molecule has 108 valence electrons. The monoisotopic (exact) mass is 307 g/mol. The van der Waals surface area contributed by atoms with E-state index in [4.69, 9.17) is 22.3 Å². The minimum atomic E-state index is 0.554. The quantitative estimate of drug-likeness (QED) is 0.572. The van der Waals surface area contributed by atoms with Crippen molar-refractivity contribution < 1.29 is 0 Å². The van der Waals surface area contributed by atoms with Crippen molar-refractivity contribution in [1.82, 2.24) is 4.98 Å². The minimum absolute atomic E-state index is 0.554. The van der Waals surface area contributed by atoms with Crippen LogP contribution in [-0.4, -0.2) is 10.7 Å². The summed E-state index contributed by atoms with van der Waals surface area (Å²) in [6.07, 6.45) is 3.28. The first kappa shape index (κ1) is 14.3. The highest BCUT2D eigenvalue weighted by Gasteiger charge is 2.11. The van der Waals surface area contributed by atoms with Crippen molar-refractivity contribution in [2.45, 2.75) is 0 Å². The molecule has 0 atom stereocenters. The Balaban J connectivity index is 2.21. The maximum atomic E-state index is 6.20. The van der Waals surface area contributed by atoms with Crippen molar-refractivity contribution in [3.8, 4) is 0 Å². The molecule has 0 fully saturated rings. The first-order valence-electron chi connectivity index (χ1n) is 6.84. The standard InChI is InChI=1S/C18H14ClN3/c19-15-10-11-21-12-17(15)22-18(13-6-2-1-3-7-13)14-8-4-5-9-16(14)20/h1-12H,20H2/b22-18-. The first-order chi connectivity index (χ1) is 10.8. The van der Waals surface area contributed by atoms with E-state index < -0.39 is 0 Å². The molecule has 0 saturated carbocycles. The van der Waals surface area contributed by atoms with Gasteiger partial charge in [0.25, 0.3) is 0 Å². The van der Waals surface area contributed by atoms with Gasteiger partial charge in [-0.2, -0.15) is 0 Å². The molecule has 3 aromatic rings. The smallest absolute Gasteiger partial charge is 0.101 e. The van der Waals surface area contributed by atoms with Crippen molar-refractivity contribution in [2.24, 2.45) is 4.99 Å². The van der Waals surface area contributed by atoms with Crippen LogP contribution >= 0.6 is 11.6 Å². The molecule has 2 aromatic carbocycles. The van der Waals surface area contributed by atoms with Gasteiger partial charge in [0, 0.05) is 23.0 Å². The second kappa shape index (κ2) is 6.41. The highest BCUT2D eigenvalue weighted by atomic mass is 35.5. The van der Waals surface area contributed by atoms with E-state index in [-0.39, 0.29) is 0 Å². The normalized spacial score (nSPS) is 11.4. The summed E-state index contributed by atoms with van der Waals surface area (Å²) < 4.78 is 0. The summed E-state index contributed by atoms with van der Waals surface area (Å²) in [5, 5.41) is 0.554. The van der Waals surface area contributed by atoms with Gasteiger partial charge in [-0.3, -0.25) is 4.98 Å². The highest BCUT2D eigenvalue weighted by Crippen LogP contribution is 2.26. The van der Waals surface area contributed by atoms with Gasteiger partial charge in [-0.05, 0) is 12.1 Å². The van der Waals surface area contributed by atoms with E-state index in [1.54, 1.807) is 18.5 Å². The zero-order chi connectivity index (χ0) is 15.4. The van der Waals surface area contributed by atoms with E-state index in [2.05, 4.69) is 4.98 Å². The molecule has 3 rings (SSSR count). The molecule has 0 aliphatic rings. The van der Waals surface area contributed by atoms with Crippen molar-refractivity contribution in [2.75, 3.05) is 5.73 Å². The number of anilines is 1. The molecule has 2 N–H and O–H groups in total. The van der Waals surface area contributed by atoms with Crippen LogP contribution in [0, 0.1) is 0 Å². The van der Waals surface area contributed by atoms with Crippen LogP contribution in [0.2, 0.25) is 5.02 Å². The summed E-state index contributed by atoms with van der Waals surface area (Å²) in [5.41, 5.74) is 10.0. The third kappa shape index (κ3) is 3.00. The van der Waals surface area contributed by atoms with E-state index >= 15 is 0 Å². The van der Waals surface area contributed by atoms with Crippen molar-refractivity contribution in [3.05, 3.63) is 89.2 Å². The first-order valence-corrected chi connectivity index (χ1v) is 7.22. The number of nitrogens with two attached hydrogens (primary N) is 1. The molecule has 3 nitrogen and oxygen atoms in total. The molecule has 0 aliphatic heterocycles. The maximum absolute atomic E-state index is 6.20. The number of benzene rings is 2. The summed E-state index contributed by atoms with van der Waals surface area (Å²) in [4.78, 5) is 8.79. The lowest BCUT2D eigenvalue weighted by atomic mass is 10.0. The van der Waals surface area contributed by atoms with Gasteiger partial charge in [0.15, 0.2) is 0 Å². The van der Waals surface area contributed by atoms with Crippen LogP contribution in [0.3, 0.4) is 0 Å². The van der Waals surface area contributed by atoms with Gasteiger partial charge in [0.05, 0.1) is 16.9 Å². The van der Waals surface area contributed by atoms with Gasteiger partial charge in [-0.25, -0.2) is 4.99 Å². The summed E-state index contributed by atoms with van der Waals surface area (Å²) in [6, 6.07) is 19.3. The summed E-state index contributed by atoms with van der Waals surface area (Å²) in [6.45, 7) is 0. The third-order valence-electron chi connectivity index (χ3n) is 3.24. The average Bonchev–Trinajstić information content (AvgIpc) is 2.56. The van der Waals surface area contributed by atoms with Gasteiger partial charge >= 0.3 is 0 Å². The van der Waals surface area contributed by atoms with Crippen LogP contribution in [-0.2, 0) is 0 Å². The number of pyridine rings is 1. The van der Waals surface area contributed by atoms with Crippen LogP contribution in [0.25, 0.3) is 0 Å². The van der Waals surface area contributed by atoms with Gasteiger partial charge in [-0.15, -0.1) is 0 Å². The minimum Gasteiger partial charge on any atom is -0.398 e. The van der Waals surface area contributed by atoms with Gasteiger partial charge in [-0.1, -0.05) is 60.1 Å². The Morgan fingerprint density at radius 1 is 0.955 bits per heavy atom. The van der Waals surface area contributed by atoms with E-state index in [0.717, 1.165) is 16.8 Å². The zero-order valence-electron chi connectivity index (χ0n) is 11.8.